The number of carbonyl (C=O) groups excluding carboxylic acids is 2. The molecule has 0 spiro atoms. The summed E-state index contributed by atoms with van der Waals surface area (Å²) in [7, 11) is -2.45. The smallest absolute Gasteiger partial charge is 0.330 e. The van der Waals surface area contributed by atoms with Gasteiger partial charge in [-0.25, -0.2) is 4.79 Å². The van der Waals surface area contributed by atoms with Crippen molar-refractivity contribution in [3.63, 3.8) is 0 Å². The molecule has 180 valence electrons. The lowest BCUT2D eigenvalue weighted by molar-refractivity contribution is -0.167. The third kappa shape index (κ3) is 4.67. The van der Waals surface area contributed by atoms with Crippen LogP contribution in [0.2, 0.25) is 18.1 Å². The maximum absolute atomic E-state index is 13.9. The number of hydrogen-bond acceptors (Lipinski definition) is 4. The van der Waals surface area contributed by atoms with Crippen molar-refractivity contribution in [2.24, 2.45) is 5.92 Å². The molecule has 2 amide bonds. The quantitative estimate of drug-likeness (QED) is 0.482. The molecule has 0 aromatic carbocycles. The van der Waals surface area contributed by atoms with Crippen LogP contribution in [0, 0.1) is 5.92 Å². The van der Waals surface area contributed by atoms with Gasteiger partial charge in [0.1, 0.15) is 5.54 Å². The van der Waals surface area contributed by atoms with E-state index in [0.717, 1.165) is 32.1 Å². The van der Waals surface area contributed by atoms with Crippen LogP contribution in [-0.2, 0) is 18.8 Å². The minimum absolute atomic E-state index is 0.0684. The Balaban J connectivity index is 2.00. The summed E-state index contributed by atoms with van der Waals surface area (Å²) in [4.78, 5) is 41.0. The molecule has 7 nitrogen and oxygen atoms in total. The largest absolute Gasteiger partial charge is 0.479 e. The van der Waals surface area contributed by atoms with E-state index in [1.165, 1.54) is 0 Å². The Kier molecular flexibility index (Phi) is 6.97. The van der Waals surface area contributed by atoms with E-state index < -0.39 is 31.5 Å². The SMILES string of the molecule is CC(C)(C)[Si](C)(C)OC12CCCN1C(=O)CCCCCCC=CC1CC1(C(=O)O)NC2=O. The van der Waals surface area contributed by atoms with E-state index in [0.29, 0.717) is 32.2 Å². The van der Waals surface area contributed by atoms with Crippen LogP contribution in [0.5, 0.6) is 0 Å². The van der Waals surface area contributed by atoms with Gasteiger partial charge in [-0.2, -0.15) is 0 Å². The first-order chi connectivity index (χ1) is 14.9. The third-order valence-electron chi connectivity index (χ3n) is 7.83. The number of carboxylic acid groups (broad SMARTS) is 1. The van der Waals surface area contributed by atoms with Crippen molar-refractivity contribution in [3.05, 3.63) is 12.2 Å². The van der Waals surface area contributed by atoms with Crippen LogP contribution in [0.3, 0.4) is 0 Å². The van der Waals surface area contributed by atoms with Crippen molar-refractivity contribution in [2.75, 3.05) is 6.54 Å². The van der Waals surface area contributed by atoms with E-state index in [1.807, 2.05) is 12.2 Å². The minimum Gasteiger partial charge on any atom is -0.479 e. The van der Waals surface area contributed by atoms with Crippen LogP contribution in [-0.4, -0.2) is 53.9 Å². The van der Waals surface area contributed by atoms with Gasteiger partial charge < -0.3 is 19.7 Å². The van der Waals surface area contributed by atoms with Crippen molar-refractivity contribution in [3.8, 4) is 0 Å². The monoisotopic (exact) mass is 464 g/mol. The molecule has 2 fully saturated rings. The van der Waals surface area contributed by atoms with E-state index in [9.17, 15) is 19.5 Å². The number of fused-ring (bicyclic) bond motifs is 2. The maximum atomic E-state index is 13.9. The summed E-state index contributed by atoms with van der Waals surface area (Å²) in [5.41, 5.74) is -2.74. The lowest BCUT2D eigenvalue weighted by Crippen LogP contribution is -2.66. The lowest BCUT2D eigenvalue weighted by atomic mass is 10.1. The molecule has 1 aliphatic carbocycles. The van der Waals surface area contributed by atoms with Crippen LogP contribution >= 0.6 is 0 Å². The highest BCUT2D eigenvalue weighted by atomic mass is 28.4. The first-order valence-corrected chi connectivity index (χ1v) is 15.0. The van der Waals surface area contributed by atoms with E-state index in [1.54, 1.807) is 4.90 Å². The molecule has 3 rings (SSSR count). The molecule has 0 aromatic heterocycles. The molecule has 0 bridgehead atoms. The average molecular weight is 465 g/mol. The van der Waals surface area contributed by atoms with Gasteiger partial charge in [0.05, 0.1) is 0 Å². The lowest BCUT2D eigenvalue weighted by Gasteiger charge is -2.47. The number of nitrogens with one attached hydrogen (secondary N) is 1. The Hall–Kier alpha value is -1.67. The summed E-state index contributed by atoms with van der Waals surface area (Å²) in [5, 5.41) is 12.7. The number of carbonyl (C=O) groups is 3. The second-order valence-electron chi connectivity index (χ2n) is 11.2. The second-order valence-corrected chi connectivity index (χ2v) is 15.9. The summed E-state index contributed by atoms with van der Waals surface area (Å²) in [5.74, 6) is -1.80. The number of allylic oxidation sites excluding steroid dienone is 1. The van der Waals surface area contributed by atoms with Crippen molar-refractivity contribution >= 4 is 26.1 Å². The highest BCUT2D eigenvalue weighted by Gasteiger charge is 2.64. The molecule has 3 unspecified atom stereocenters. The number of carboxylic acids is 1. The average Bonchev–Trinajstić information content (AvgIpc) is 3.21. The summed E-state index contributed by atoms with van der Waals surface area (Å²) in [6.45, 7) is 10.9. The molecule has 8 heteroatoms. The van der Waals surface area contributed by atoms with Gasteiger partial charge in [0.15, 0.2) is 8.32 Å². The molecule has 2 heterocycles. The number of rotatable bonds is 3. The number of nitrogens with zero attached hydrogens (tertiary/aromatic N) is 1. The van der Waals surface area contributed by atoms with Gasteiger partial charge in [0.2, 0.25) is 11.6 Å². The van der Waals surface area contributed by atoms with E-state index in [-0.39, 0.29) is 16.9 Å². The predicted molar refractivity (Wildman–Crippen MR) is 125 cm³/mol. The normalized spacial score (nSPS) is 32.4. The third-order valence-corrected chi connectivity index (χ3v) is 12.3. The van der Waals surface area contributed by atoms with Crippen molar-refractivity contribution in [2.45, 2.75) is 108 Å². The van der Waals surface area contributed by atoms with Crippen molar-refractivity contribution in [1.29, 1.82) is 0 Å². The Labute approximate surface area is 193 Å². The summed E-state index contributed by atoms with van der Waals surface area (Å²) >= 11 is 0. The fraction of sp³-hybridized carbons (Fsp3) is 0.792. The molecule has 3 aliphatic rings. The van der Waals surface area contributed by atoms with Gasteiger partial charge in [-0.3, -0.25) is 9.59 Å². The Morgan fingerprint density at radius 3 is 2.53 bits per heavy atom. The van der Waals surface area contributed by atoms with Gasteiger partial charge in [-0.05, 0) is 50.2 Å². The molecule has 1 saturated carbocycles. The zero-order chi connectivity index (χ0) is 23.8. The second kappa shape index (κ2) is 8.93. The fourth-order valence-corrected chi connectivity index (χ4v) is 6.09. The maximum Gasteiger partial charge on any atom is 0.330 e. The van der Waals surface area contributed by atoms with Crippen molar-refractivity contribution in [1.82, 2.24) is 10.2 Å². The van der Waals surface area contributed by atoms with E-state index in [4.69, 9.17) is 4.43 Å². The summed E-state index contributed by atoms with van der Waals surface area (Å²) < 4.78 is 6.73. The Morgan fingerprint density at radius 2 is 1.88 bits per heavy atom. The number of hydrogen-bond donors (Lipinski definition) is 2. The molecule has 0 aromatic rings. The fourth-order valence-electron chi connectivity index (χ4n) is 4.63. The highest BCUT2D eigenvalue weighted by molar-refractivity contribution is 6.74. The zero-order valence-corrected chi connectivity index (χ0v) is 21.3. The van der Waals surface area contributed by atoms with Gasteiger partial charge >= 0.3 is 5.97 Å². The predicted octanol–water partition coefficient (Wildman–Crippen LogP) is 4.20. The molecular formula is C24H40N2O5Si. The minimum atomic E-state index is -2.45. The van der Waals surface area contributed by atoms with E-state index in [2.05, 4.69) is 39.2 Å². The topological polar surface area (TPSA) is 95.9 Å². The first-order valence-electron chi connectivity index (χ1n) is 12.1. The molecule has 2 N–H and O–H groups in total. The standard InChI is InChI=1S/C24H40N2O5Si/c1-22(2,3)32(4,5)31-24-15-12-16-26(24)19(27)14-11-9-7-6-8-10-13-18-17-23(18,21(29)30)25-20(24)28/h10,13,18H,6-9,11-12,14-17H2,1-5H3,(H,25,28)(H,29,30). The first kappa shape index (κ1) is 25.0. The molecule has 0 radical (unpaired) electrons. The number of amides is 2. The van der Waals surface area contributed by atoms with Gasteiger partial charge in [0.25, 0.3) is 5.91 Å². The van der Waals surface area contributed by atoms with Crippen LogP contribution in [0.15, 0.2) is 12.2 Å². The van der Waals surface area contributed by atoms with Gasteiger partial charge in [-0.1, -0.05) is 45.8 Å². The Bertz CT molecular complexity index is 790. The summed E-state index contributed by atoms with van der Waals surface area (Å²) in [6, 6.07) is 0. The molecule has 32 heavy (non-hydrogen) atoms. The molecule has 2 aliphatic heterocycles. The van der Waals surface area contributed by atoms with Crippen molar-refractivity contribution < 1.29 is 23.9 Å². The van der Waals surface area contributed by atoms with Crippen LogP contribution in [0.1, 0.15) is 78.6 Å². The number of aliphatic carboxylic acids is 1. The molecular weight excluding hydrogens is 424 g/mol. The van der Waals surface area contributed by atoms with Crippen LogP contribution < -0.4 is 5.32 Å². The Morgan fingerprint density at radius 1 is 1.19 bits per heavy atom. The molecule has 3 atom stereocenters. The highest BCUT2D eigenvalue weighted by Crippen LogP contribution is 2.48. The molecule has 1 saturated heterocycles. The van der Waals surface area contributed by atoms with Crippen LogP contribution in [0.4, 0.5) is 0 Å². The zero-order valence-electron chi connectivity index (χ0n) is 20.3. The van der Waals surface area contributed by atoms with Gasteiger partial charge in [-0.15, -0.1) is 0 Å². The van der Waals surface area contributed by atoms with Crippen LogP contribution in [0.25, 0.3) is 0 Å². The van der Waals surface area contributed by atoms with Gasteiger partial charge in [0, 0.05) is 25.3 Å². The van der Waals surface area contributed by atoms with E-state index >= 15 is 0 Å². The summed E-state index contributed by atoms with van der Waals surface area (Å²) in [6.07, 6.45) is 10.5.